The number of carboxylic acid groups (broad SMARTS) is 1. The molecular formula is C14H9F4N3O3. The SMILES string of the molecule is O=C(O)COc1ccccc1C=NNc1c(F)c(F)nc(F)c1F. The molecule has 0 bridgehead atoms. The van der Waals surface area contributed by atoms with Gasteiger partial charge in [0.15, 0.2) is 6.61 Å². The van der Waals surface area contributed by atoms with E-state index in [0.717, 1.165) is 6.21 Å². The molecule has 1 aromatic carbocycles. The minimum atomic E-state index is -1.82. The van der Waals surface area contributed by atoms with Crippen LogP contribution in [0.4, 0.5) is 23.2 Å². The minimum absolute atomic E-state index is 0.137. The van der Waals surface area contributed by atoms with Crippen LogP contribution < -0.4 is 10.2 Å². The van der Waals surface area contributed by atoms with Crippen molar-refractivity contribution in [3.8, 4) is 5.75 Å². The normalized spacial score (nSPS) is 10.8. The zero-order valence-corrected chi connectivity index (χ0v) is 11.8. The first-order valence-corrected chi connectivity index (χ1v) is 6.33. The van der Waals surface area contributed by atoms with Crippen molar-refractivity contribution in [3.05, 3.63) is 53.4 Å². The zero-order valence-electron chi connectivity index (χ0n) is 11.8. The smallest absolute Gasteiger partial charge is 0.341 e. The highest BCUT2D eigenvalue weighted by atomic mass is 19.2. The summed E-state index contributed by atoms with van der Waals surface area (Å²) in [5.74, 6) is -8.18. The molecule has 0 aliphatic rings. The monoisotopic (exact) mass is 343 g/mol. The van der Waals surface area contributed by atoms with Gasteiger partial charge in [0.05, 0.1) is 6.21 Å². The Morgan fingerprint density at radius 3 is 2.46 bits per heavy atom. The lowest BCUT2D eigenvalue weighted by Gasteiger charge is -2.07. The number of aliphatic carboxylic acids is 1. The summed E-state index contributed by atoms with van der Waals surface area (Å²) in [6, 6.07) is 6.05. The van der Waals surface area contributed by atoms with Crippen LogP contribution in [0.5, 0.6) is 5.75 Å². The van der Waals surface area contributed by atoms with Gasteiger partial charge in [-0.05, 0) is 12.1 Å². The van der Waals surface area contributed by atoms with Gasteiger partial charge in [0.2, 0.25) is 11.6 Å². The molecule has 1 aromatic heterocycles. The molecule has 2 rings (SSSR count). The van der Waals surface area contributed by atoms with Gasteiger partial charge in [0.1, 0.15) is 11.4 Å². The van der Waals surface area contributed by atoms with E-state index in [4.69, 9.17) is 9.84 Å². The standard InChI is InChI=1S/C14H9F4N3O3/c15-10-12(11(16)14(18)20-13(10)17)21-19-5-7-3-1-2-4-8(7)24-6-9(22)23/h1-5H,6H2,(H,20,21)(H,22,23). The van der Waals surface area contributed by atoms with Crippen LogP contribution in [0.25, 0.3) is 0 Å². The average molecular weight is 343 g/mol. The van der Waals surface area contributed by atoms with Crippen molar-refractivity contribution in [2.75, 3.05) is 12.0 Å². The Morgan fingerprint density at radius 2 is 1.83 bits per heavy atom. The Balaban J connectivity index is 2.20. The highest BCUT2D eigenvalue weighted by Crippen LogP contribution is 2.22. The van der Waals surface area contributed by atoms with Crippen LogP contribution >= 0.6 is 0 Å². The fraction of sp³-hybridized carbons (Fsp3) is 0.0714. The first kappa shape index (κ1) is 17.2. The van der Waals surface area contributed by atoms with E-state index in [1.54, 1.807) is 12.1 Å². The molecular weight excluding hydrogens is 334 g/mol. The Morgan fingerprint density at radius 1 is 1.21 bits per heavy atom. The third kappa shape index (κ3) is 3.97. The summed E-state index contributed by atoms with van der Waals surface area (Å²) in [7, 11) is 0. The predicted molar refractivity (Wildman–Crippen MR) is 74.9 cm³/mol. The molecule has 0 aliphatic heterocycles. The third-order valence-corrected chi connectivity index (χ3v) is 2.65. The number of hydrogen-bond donors (Lipinski definition) is 2. The van der Waals surface area contributed by atoms with Crippen molar-refractivity contribution in [2.45, 2.75) is 0 Å². The molecule has 2 aromatic rings. The van der Waals surface area contributed by atoms with E-state index < -0.39 is 41.8 Å². The van der Waals surface area contributed by atoms with Gasteiger partial charge in [-0.2, -0.15) is 27.6 Å². The molecule has 6 nitrogen and oxygen atoms in total. The van der Waals surface area contributed by atoms with Crippen molar-refractivity contribution in [2.24, 2.45) is 5.10 Å². The van der Waals surface area contributed by atoms with Crippen LogP contribution in [-0.4, -0.2) is 28.9 Å². The lowest BCUT2D eigenvalue weighted by atomic mass is 10.2. The van der Waals surface area contributed by atoms with E-state index in [0.29, 0.717) is 0 Å². The lowest BCUT2D eigenvalue weighted by Crippen LogP contribution is -2.10. The molecule has 1 heterocycles. The second-order valence-electron chi connectivity index (χ2n) is 4.29. The number of carbonyl (C=O) groups is 1. The lowest BCUT2D eigenvalue weighted by molar-refractivity contribution is -0.139. The van der Waals surface area contributed by atoms with Gasteiger partial charge in [0.25, 0.3) is 11.9 Å². The van der Waals surface area contributed by atoms with Gasteiger partial charge < -0.3 is 9.84 Å². The Hall–Kier alpha value is -3.17. The number of halogens is 4. The van der Waals surface area contributed by atoms with Crippen molar-refractivity contribution in [3.63, 3.8) is 0 Å². The average Bonchev–Trinajstić information content (AvgIpc) is 2.55. The van der Waals surface area contributed by atoms with Crippen molar-refractivity contribution in [1.29, 1.82) is 0 Å². The van der Waals surface area contributed by atoms with Gasteiger partial charge in [-0.3, -0.25) is 5.43 Å². The number of hydrogen-bond acceptors (Lipinski definition) is 5. The molecule has 10 heteroatoms. The van der Waals surface area contributed by atoms with Crippen LogP contribution in [0, 0.1) is 23.5 Å². The quantitative estimate of drug-likeness (QED) is 0.364. The first-order valence-electron chi connectivity index (χ1n) is 6.33. The summed E-state index contributed by atoms with van der Waals surface area (Å²) in [6.45, 7) is -0.609. The number of ether oxygens (including phenoxy) is 1. The van der Waals surface area contributed by atoms with Crippen molar-refractivity contribution >= 4 is 17.9 Å². The number of aromatic nitrogens is 1. The third-order valence-electron chi connectivity index (χ3n) is 2.65. The number of para-hydroxylation sites is 1. The molecule has 0 saturated carbocycles. The fourth-order valence-electron chi connectivity index (χ4n) is 1.61. The van der Waals surface area contributed by atoms with Gasteiger partial charge >= 0.3 is 5.97 Å². The van der Waals surface area contributed by atoms with Crippen LogP contribution in [0.15, 0.2) is 29.4 Å². The van der Waals surface area contributed by atoms with Crippen LogP contribution in [-0.2, 0) is 4.79 Å². The Bertz CT molecular complexity index is 773. The number of nitrogens with one attached hydrogen (secondary N) is 1. The van der Waals surface area contributed by atoms with Crippen molar-refractivity contribution < 1.29 is 32.2 Å². The Kier molecular flexibility index (Phi) is 5.30. The largest absolute Gasteiger partial charge is 0.481 e. The van der Waals surface area contributed by atoms with E-state index in [1.165, 1.54) is 12.1 Å². The molecule has 0 radical (unpaired) electrons. The molecule has 24 heavy (non-hydrogen) atoms. The summed E-state index contributed by atoms with van der Waals surface area (Å²) in [5.41, 5.74) is 0.944. The summed E-state index contributed by atoms with van der Waals surface area (Å²) in [6.07, 6.45) is 1.03. The van der Waals surface area contributed by atoms with E-state index in [1.807, 2.05) is 5.43 Å². The zero-order chi connectivity index (χ0) is 17.7. The molecule has 0 aliphatic carbocycles. The minimum Gasteiger partial charge on any atom is -0.481 e. The maximum absolute atomic E-state index is 13.4. The number of rotatable bonds is 6. The number of benzene rings is 1. The number of anilines is 1. The predicted octanol–water partition coefficient (Wildman–Crippen LogP) is 2.55. The maximum atomic E-state index is 13.4. The molecule has 0 saturated heterocycles. The van der Waals surface area contributed by atoms with E-state index in [2.05, 4.69) is 10.1 Å². The highest BCUT2D eigenvalue weighted by molar-refractivity contribution is 5.84. The summed E-state index contributed by atoms with van der Waals surface area (Å²) in [4.78, 5) is 12.9. The number of nitrogens with zero attached hydrogens (tertiary/aromatic N) is 2. The molecule has 126 valence electrons. The molecule has 0 spiro atoms. The van der Waals surface area contributed by atoms with Gasteiger partial charge in [0, 0.05) is 5.56 Å². The van der Waals surface area contributed by atoms with Crippen LogP contribution in [0.2, 0.25) is 0 Å². The number of hydrazone groups is 1. The topological polar surface area (TPSA) is 83.8 Å². The van der Waals surface area contributed by atoms with Crippen LogP contribution in [0.1, 0.15) is 5.56 Å². The Labute approximate surface area is 132 Å². The molecule has 0 unspecified atom stereocenters. The molecule has 2 N–H and O–H groups in total. The van der Waals surface area contributed by atoms with Gasteiger partial charge in [-0.15, -0.1) is 0 Å². The summed E-state index contributed by atoms with van der Waals surface area (Å²) >= 11 is 0. The first-order chi connectivity index (χ1) is 11.4. The molecule has 0 amide bonds. The molecule has 0 fully saturated rings. The fourth-order valence-corrected chi connectivity index (χ4v) is 1.61. The van der Waals surface area contributed by atoms with E-state index >= 15 is 0 Å². The second kappa shape index (κ2) is 7.40. The van der Waals surface area contributed by atoms with Gasteiger partial charge in [-0.25, -0.2) is 4.79 Å². The maximum Gasteiger partial charge on any atom is 0.341 e. The summed E-state index contributed by atoms with van der Waals surface area (Å²) in [5, 5.41) is 12.0. The van der Waals surface area contributed by atoms with E-state index in [9.17, 15) is 22.4 Å². The van der Waals surface area contributed by atoms with E-state index in [-0.39, 0.29) is 11.3 Å². The molecule has 0 atom stereocenters. The van der Waals surface area contributed by atoms with Crippen LogP contribution in [0.3, 0.4) is 0 Å². The van der Waals surface area contributed by atoms with Gasteiger partial charge in [-0.1, -0.05) is 12.1 Å². The second-order valence-corrected chi connectivity index (χ2v) is 4.29. The highest BCUT2D eigenvalue weighted by Gasteiger charge is 2.20. The van der Waals surface area contributed by atoms with Crippen molar-refractivity contribution in [1.82, 2.24) is 4.98 Å². The number of pyridine rings is 1. The number of carboxylic acids is 1. The summed E-state index contributed by atoms with van der Waals surface area (Å²) < 4.78 is 57.7.